The molecule has 1 amide bonds. The summed E-state index contributed by atoms with van der Waals surface area (Å²) >= 11 is 5.75. The predicted molar refractivity (Wildman–Crippen MR) is 41.1 cm³/mol. The molecule has 0 saturated heterocycles. The van der Waals surface area contributed by atoms with Gasteiger partial charge in [0.25, 0.3) is 0 Å². The number of rotatable bonds is 2. The Kier molecular flexibility index (Phi) is 2.14. The molecule has 0 bridgehead atoms. The summed E-state index contributed by atoms with van der Waals surface area (Å²) in [5.74, 6) is -0.403. The maximum Gasteiger partial charge on any atom is 0.222 e. The van der Waals surface area contributed by atoms with Crippen LogP contribution >= 0.6 is 11.6 Å². The van der Waals surface area contributed by atoms with Crippen LogP contribution in [0, 0.1) is 0 Å². The molecule has 1 rings (SSSR count). The second-order valence-corrected chi connectivity index (χ2v) is 2.59. The van der Waals surface area contributed by atoms with E-state index in [-0.39, 0.29) is 6.42 Å². The first kappa shape index (κ1) is 8.07. The summed E-state index contributed by atoms with van der Waals surface area (Å²) in [5, 5.41) is 4.31. The van der Waals surface area contributed by atoms with E-state index in [1.165, 1.54) is 10.9 Å². The zero-order valence-corrected chi connectivity index (χ0v) is 6.80. The van der Waals surface area contributed by atoms with Gasteiger partial charge in [0.1, 0.15) is 5.15 Å². The number of hydrogen-bond acceptors (Lipinski definition) is 2. The van der Waals surface area contributed by atoms with E-state index in [2.05, 4.69) is 5.10 Å². The van der Waals surface area contributed by atoms with Crippen molar-refractivity contribution >= 4 is 17.5 Å². The second-order valence-electron chi connectivity index (χ2n) is 2.23. The lowest BCUT2D eigenvalue weighted by molar-refractivity contribution is -0.117. The highest BCUT2D eigenvalue weighted by Crippen LogP contribution is 2.13. The SMILES string of the molecule is Cn1ncc(CC(N)=O)c1Cl. The molecule has 0 atom stereocenters. The van der Waals surface area contributed by atoms with E-state index < -0.39 is 5.91 Å². The molecule has 0 aliphatic rings. The Hall–Kier alpha value is -1.03. The lowest BCUT2D eigenvalue weighted by atomic mass is 10.2. The monoisotopic (exact) mass is 173 g/mol. The number of primary amides is 1. The van der Waals surface area contributed by atoms with Crippen LogP contribution < -0.4 is 5.73 Å². The second kappa shape index (κ2) is 2.92. The molecule has 5 heteroatoms. The van der Waals surface area contributed by atoms with E-state index in [4.69, 9.17) is 17.3 Å². The van der Waals surface area contributed by atoms with Gasteiger partial charge in [0, 0.05) is 12.6 Å². The van der Waals surface area contributed by atoms with Gasteiger partial charge in [-0.1, -0.05) is 11.6 Å². The Morgan fingerprint density at radius 3 is 2.91 bits per heavy atom. The van der Waals surface area contributed by atoms with Crippen molar-refractivity contribution in [3.05, 3.63) is 16.9 Å². The third-order valence-electron chi connectivity index (χ3n) is 1.30. The van der Waals surface area contributed by atoms with Gasteiger partial charge in [-0.15, -0.1) is 0 Å². The average molecular weight is 174 g/mol. The van der Waals surface area contributed by atoms with E-state index >= 15 is 0 Å². The zero-order valence-electron chi connectivity index (χ0n) is 6.04. The van der Waals surface area contributed by atoms with Gasteiger partial charge in [-0.2, -0.15) is 5.10 Å². The summed E-state index contributed by atoms with van der Waals surface area (Å²) < 4.78 is 1.49. The number of nitrogens with zero attached hydrogens (tertiary/aromatic N) is 2. The number of nitrogens with two attached hydrogens (primary N) is 1. The molecule has 0 unspecified atom stereocenters. The van der Waals surface area contributed by atoms with Crippen LogP contribution in [0.25, 0.3) is 0 Å². The first-order valence-electron chi connectivity index (χ1n) is 3.06. The van der Waals surface area contributed by atoms with Gasteiger partial charge < -0.3 is 5.73 Å². The number of halogens is 1. The third kappa shape index (κ3) is 1.71. The fourth-order valence-electron chi connectivity index (χ4n) is 0.774. The van der Waals surface area contributed by atoms with Crippen LogP contribution in [0.15, 0.2) is 6.20 Å². The van der Waals surface area contributed by atoms with Gasteiger partial charge in [0.05, 0.1) is 12.6 Å². The molecule has 0 radical (unpaired) electrons. The zero-order chi connectivity index (χ0) is 8.43. The lowest BCUT2D eigenvalue weighted by Crippen LogP contribution is -2.13. The molecule has 1 heterocycles. The van der Waals surface area contributed by atoms with E-state index in [1.807, 2.05) is 0 Å². The van der Waals surface area contributed by atoms with Crippen molar-refractivity contribution in [3.8, 4) is 0 Å². The number of carbonyl (C=O) groups is 1. The van der Waals surface area contributed by atoms with E-state index in [9.17, 15) is 4.79 Å². The molecular formula is C6H8ClN3O. The molecule has 1 aromatic rings. The van der Waals surface area contributed by atoms with Crippen LogP contribution in [0.5, 0.6) is 0 Å². The molecule has 0 spiro atoms. The largest absolute Gasteiger partial charge is 0.369 e. The van der Waals surface area contributed by atoms with Crippen LogP contribution in [-0.4, -0.2) is 15.7 Å². The Labute approximate surface area is 68.9 Å². The molecule has 11 heavy (non-hydrogen) atoms. The minimum atomic E-state index is -0.403. The molecule has 4 nitrogen and oxygen atoms in total. The highest BCUT2D eigenvalue weighted by Gasteiger charge is 2.07. The highest BCUT2D eigenvalue weighted by molar-refractivity contribution is 6.30. The van der Waals surface area contributed by atoms with Crippen molar-refractivity contribution in [2.45, 2.75) is 6.42 Å². The van der Waals surface area contributed by atoms with Crippen molar-refractivity contribution in [1.82, 2.24) is 9.78 Å². The van der Waals surface area contributed by atoms with Gasteiger partial charge in [0.15, 0.2) is 0 Å². The lowest BCUT2D eigenvalue weighted by Gasteiger charge is -1.93. The molecule has 1 aromatic heterocycles. The summed E-state index contributed by atoms with van der Waals surface area (Å²) in [6.07, 6.45) is 1.68. The quantitative estimate of drug-likeness (QED) is 0.690. The fourth-order valence-corrected chi connectivity index (χ4v) is 0.934. The number of amides is 1. The summed E-state index contributed by atoms with van der Waals surface area (Å²) in [4.78, 5) is 10.5. The number of aromatic nitrogens is 2. The fraction of sp³-hybridized carbons (Fsp3) is 0.333. The van der Waals surface area contributed by atoms with E-state index in [1.54, 1.807) is 7.05 Å². The summed E-state index contributed by atoms with van der Waals surface area (Å²) in [7, 11) is 1.70. The standard InChI is InChI=1S/C6H8ClN3O/c1-10-6(7)4(3-9-10)2-5(8)11/h3H,2H2,1H3,(H2,8,11). The molecule has 60 valence electrons. The number of carbonyl (C=O) groups excluding carboxylic acids is 1. The minimum absolute atomic E-state index is 0.146. The normalized spacial score (nSPS) is 10.0. The van der Waals surface area contributed by atoms with E-state index in [0.717, 1.165) is 0 Å². The van der Waals surface area contributed by atoms with Crippen molar-refractivity contribution in [2.24, 2.45) is 12.8 Å². The summed E-state index contributed by atoms with van der Waals surface area (Å²) in [6.45, 7) is 0. The molecule has 0 aliphatic heterocycles. The van der Waals surface area contributed by atoms with Crippen LogP contribution in [0.3, 0.4) is 0 Å². The Morgan fingerprint density at radius 1 is 1.91 bits per heavy atom. The number of hydrogen-bond donors (Lipinski definition) is 1. The van der Waals surface area contributed by atoms with E-state index in [0.29, 0.717) is 10.7 Å². The predicted octanol–water partition coefficient (Wildman–Crippen LogP) is 0.101. The summed E-state index contributed by atoms with van der Waals surface area (Å²) in [5.41, 5.74) is 5.64. The van der Waals surface area contributed by atoms with Gasteiger partial charge >= 0.3 is 0 Å². The first-order valence-corrected chi connectivity index (χ1v) is 3.43. The van der Waals surface area contributed by atoms with Crippen molar-refractivity contribution < 1.29 is 4.79 Å². The van der Waals surface area contributed by atoms with Crippen LogP contribution in [0.2, 0.25) is 5.15 Å². The highest BCUT2D eigenvalue weighted by atomic mass is 35.5. The molecule has 2 N–H and O–H groups in total. The van der Waals surface area contributed by atoms with Gasteiger partial charge in [-0.05, 0) is 0 Å². The molecular weight excluding hydrogens is 166 g/mol. The Bertz CT molecular complexity index is 281. The van der Waals surface area contributed by atoms with Crippen LogP contribution in [0.1, 0.15) is 5.56 Å². The molecule has 0 aliphatic carbocycles. The first-order chi connectivity index (χ1) is 5.11. The van der Waals surface area contributed by atoms with Crippen molar-refractivity contribution in [3.63, 3.8) is 0 Å². The maximum absolute atomic E-state index is 10.5. The van der Waals surface area contributed by atoms with Gasteiger partial charge in [-0.3, -0.25) is 9.48 Å². The van der Waals surface area contributed by atoms with Crippen molar-refractivity contribution in [2.75, 3.05) is 0 Å². The van der Waals surface area contributed by atoms with Crippen molar-refractivity contribution in [1.29, 1.82) is 0 Å². The Morgan fingerprint density at radius 2 is 2.55 bits per heavy atom. The third-order valence-corrected chi connectivity index (χ3v) is 1.79. The smallest absolute Gasteiger partial charge is 0.222 e. The van der Waals surface area contributed by atoms with Crippen LogP contribution in [-0.2, 0) is 18.3 Å². The molecule has 0 fully saturated rings. The number of aryl methyl sites for hydroxylation is 1. The maximum atomic E-state index is 10.5. The van der Waals surface area contributed by atoms with Gasteiger partial charge in [-0.25, -0.2) is 0 Å². The minimum Gasteiger partial charge on any atom is -0.369 e. The topological polar surface area (TPSA) is 60.9 Å². The molecule has 0 aromatic carbocycles. The summed E-state index contributed by atoms with van der Waals surface area (Å²) in [6, 6.07) is 0. The molecule has 0 saturated carbocycles. The van der Waals surface area contributed by atoms with Crippen LogP contribution in [0.4, 0.5) is 0 Å². The van der Waals surface area contributed by atoms with Gasteiger partial charge in [0.2, 0.25) is 5.91 Å². The Balaban J connectivity index is 2.87. The average Bonchev–Trinajstić information content (AvgIpc) is 2.18.